The number of nitrogens with one attached hydrogen (secondary N) is 1. The van der Waals surface area contributed by atoms with Crippen LogP contribution in [0.4, 0.5) is 4.39 Å². The molecule has 0 radical (unpaired) electrons. The van der Waals surface area contributed by atoms with Gasteiger partial charge < -0.3 is 10.2 Å². The maximum atomic E-state index is 13.2. The molecule has 0 saturated carbocycles. The average Bonchev–Trinajstić information content (AvgIpc) is 2.68. The van der Waals surface area contributed by atoms with Crippen molar-refractivity contribution in [2.24, 2.45) is 0 Å². The zero-order valence-electron chi connectivity index (χ0n) is 14.9. The van der Waals surface area contributed by atoms with Crippen LogP contribution in [0.5, 0.6) is 0 Å². The van der Waals surface area contributed by atoms with Crippen LogP contribution < -0.4 is 5.32 Å². The quantitative estimate of drug-likeness (QED) is 0.720. The highest BCUT2D eigenvalue weighted by Crippen LogP contribution is 2.20. The van der Waals surface area contributed by atoms with Crippen molar-refractivity contribution in [2.75, 3.05) is 12.8 Å². The first-order chi connectivity index (χ1) is 12.5. The molecule has 0 aromatic heterocycles. The number of carbonyl (C=O) groups excluding carboxylic acids is 2. The van der Waals surface area contributed by atoms with Gasteiger partial charge in [0.1, 0.15) is 11.9 Å². The van der Waals surface area contributed by atoms with Gasteiger partial charge in [0.05, 0.1) is 5.75 Å². The van der Waals surface area contributed by atoms with E-state index in [1.54, 1.807) is 24.1 Å². The average molecular weight is 374 g/mol. The number of likely N-dealkylation sites (N-methyl/N-ethyl adjacent to an activating group) is 1. The van der Waals surface area contributed by atoms with E-state index in [-0.39, 0.29) is 29.9 Å². The fourth-order valence-corrected chi connectivity index (χ4v) is 3.42. The van der Waals surface area contributed by atoms with Gasteiger partial charge in [-0.2, -0.15) is 0 Å². The zero-order chi connectivity index (χ0) is 18.9. The fraction of sp³-hybridized carbons (Fsp3) is 0.300. The molecular formula is C20H23FN2O2S. The number of carbonyl (C=O) groups is 2. The molecule has 2 aromatic rings. The topological polar surface area (TPSA) is 49.4 Å². The van der Waals surface area contributed by atoms with Crippen molar-refractivity contribution in [3.05, 3.63) is 66.0 Å². The standard InChI is InChI=1S/C20H23FN2O2S/c1-3-18(20(25)22-2)23(13-15-9-11-16(21)12-10-15)19(24)14-26-17-7-5-4-6-8-17/h4-12,18H,3,13-14H2,1-2H3,(H,22,25). The summed E-state index contributed by atoms with van der Waals surface area (Å²) in [7, 11) is 1.56. The summed E-state index contributed by atoms with van der Waals surface area (Å²) in [5, 5.41) is 2.62. The van der Waals surface area contributed by atoms with E-state index < -0.39 is 6.04 Å². The van der Waals surface area contributed by atoms with Gasteiger partial charge in [-0.3, -0.25) is 9.59 Å². The Labute approximate surface area is 157 Å². The summed E-state index contributed by atoms with van der Waals surface area (Å²) in [5.41, 5.74) is 0.784. The number of halogens is 1. The monoisotopic (exact) mass is 374 g/mol. The Morgan fingerprint density at radius 1 is 1.12 bits per heavy atom. The van der Waals surface area contributed by atoms with Crippen LogP contribution in [0.1, 0.15) is 18.9 Å². The van der Waals surface area contributed by atoms with Crippen molar-refractivity contribution in [3.63, 3.8) is 0 Å². The van der Waals surface area contributed by atoms with Crippen molar-refractivity contribution >= 4 is 23.6 Å². The summed E-state index contributed by atoms with van der Waals surface area (Å²) in [6, 6.07) is 15.1. The highest BCUT2D eigenvalue weighted by atomic mass is 32.2. The molecule has 0 aliphatic heterocycles. The molecule has 0 aliphatic carbocycles. The van der Waals surface area contributed by atoms with Gasteiger partial charge in [0.25, 0.3) is 0 Å². The van der Waals surface area contributed by atoms with Crippen LogP contribution >= 0.6 is 11.8 Å². The number of hydrogen-bond donors (Lipinski definition) is 1. The molecule has 4 nitrogen and oxygen atoms in total. The predicted molar refractivity (Wildman–Crippen MR) is 102 cm³/mol. The van der Waals surface area contributed by atoms with Gasteiger partial charge in [-0.1, -0.05) is 37.3 Å². The van der Waals surface area contributed by atoms with Crippen molar-refractivity contribution in [2.45, 2.75) is 30.8 Å². The Hall–Kier alpha value is -2.34. The fourth-order valence-electron chi connectivity index (χ4n) is 2.62. The van der Waals surface area contributed by atoms with Crippen LogP contribution in [-0.4, -0.2) is 35.6 Å². The second kappa shape index (κ2) is 9.97. The van der Waals surface area contributed by atoms with Gasteiger partial charge in [0.2, 0.25) is 11.8 Å². The third-order valence-electron chi connectivity index (χ3n) is 4.00. The second-order valence-corrected chi connectivity index (χ2v) is 6.84. The van der Waals surface area contributed by atoms with E-state index in [0.717, 1.165) is 10.5 Å². The van der Waals surface area contributed by atoms with Crippen molar-refractivity contribution in [1.29, 1.82) is 0 Å². The van der Waals surface area contributed by atoms with E-state index in [1.165, 1.54) is 23.9 Å². The number of nitrogens with zero attached hydrogens (tertiary/aromatic N) is 1. The summed E-state index contributed by atoms with van der Waals surface area (Å²) in [6.07, 6.45) is 0.503. The SMILES string of the molecule is CCC(C(=O)NC)N(Cc1ccc(F)cc1)C(=O)CSc1ccccc1. The number of rotatable bonds is 8. The van der Waals surface area contributed by atoms with Crippen LogP contribution in [0.3, 0.4) is 0 Å². The summed E-state index contributed by atoms with van der Waals surface area (Å²) >= 11 is 1.43. The van der Waals surface area contributed by atoms with Gasteiger partial charge in [0, 0.05) is 18.5 Å². The molecule has 0 spiro atoms. The lowest BCUT2D eigenvalue weighted by atomic mass is 10.1. The Balaban J connectivity index is 2.16. The molecule has 0 fully saturated rings. The van der Waals surface area contributed by atoms with E-state index in [1.807, 2.05) is 37.3 Å². The summed E-state index contributed by atoms with van der Waals surface area (Å²) in [6.45, 7) is 2.13. The molecule has 1 unspecified atom stereocenters. The van der Waals surface area contributed by atoms with Gasteiger partial charge in [0.15, 0.2) is 0 Å². The molecule has 0 aliphatic rings. The second-order valence-electron chi connectivity index (χ2n) is 5.79. The smallest absolute Gasteiger partial charge is 0.242 e. The third kappa shape index (κ3) is 5.59. The number of thioether (sulfide) groups is 1. The van der Waals surface area contributed by atoms with E-state index >= 15 is 0 Å². The third-order valence-corrected chi connectivity index (χ3v) is 5.00. The van der Waals surface area contributed by atoms with Gasteiger partial charge in [-0.05, 0) is 36.2 Å². The van der Waals surface area contributed by atoms with Gasteiger partial charge in [-0.25, -0.2) is 4.39 Å². The Morgan fingerprint density at radius 2 is 1.77 bits per heavy atom. The summed E-state index contributed by atoms with van der Waals surface area (Å²) < 4.78 is 13.2. The minimum atomic E-state index is -0.561. The largest absolute Gasteiger partial charge is 0.357 e. The van der Waals surface area contributed by atoms with Crippen molar-refractivity contribution in [3.8, 4) is 0 Å². The zero-order valence-corrected chi connectivity index (χ0v) is 15.8. The minimum Gasteiger partial charge on any atom is -0.357 e. The maximum Gasteiger partial charge on any atom is 0.242 e. The molecule has 0 bridgehead atoms. The Morgan fingerprint density at radius 3 is 2.35 bits per heavy atom. The first-order valence-electron chi connectivity index (χ1n) is 8.48. The molecule has 138 valence electrons. The highest BCUT2D eigenvalue weighted by Gasteiger charge is 2.27. The molecule has 2 rings (SSSR count). The molecular weight excluding hydrogens is 351 g/mol. The summed E-state index contributed by atoms with van der Waals surface area (Å²) in [4.78, 5) is 27.7. The van der Waals surface area contributed by atoms with E-state index in [0.29, 0.717) is 6.42 Å². The number of benzene rings is 2. The molecule has 26 heavy (non-hydrogen) atoms. The Bertz CT molecular complexity index is 722. The van der Waals surface area contributed by atoms with Crippen molar-refractivity contribution in [1.82, 2.24) is 10.2 Å². The molecule has 0 saturated heterocycles. The molecule has 6 heteroatoms. The lowest BCUT2D eigenvalue weighted by Crippen LogP contribution is -2.48. The van der Waals surface area contributed by atoms with Crippen LogP contribution in [0, 0.1) is 5.82 Å². The lowest BCUT2D eigenvalue weighted by molar-refractivity contribution is -0.139. The highest BCUT2D eigenvalue weighted by molar-refractivity contribution is 8.00. The molecule has 1 atom stereocenters. The minimum absolute atomic E-state index is 0.126. The lowest BCUT2D eigenvalue weighted by Gasteiger charge is -2.30. The molecule has 0 heterocycles. The van der Waals surface area contributed by atoms with Gasteiger partial charge >= 0.3 is 0 Å². The number of hydrogen-bond acceptors (Lipinski definition) is 3. The first-order valence-corrected chi connectivity index (χ1v) is 9.47. The predicted octanol–water partition coefficient (Wildman–Crippen LogP) is 3.47. The first kappa shape index (κ1) is 20.0. The van der Waals surface area contributed by atoms with E-state index in [9.17, 15) is 14.0 Å². The van der Waals surface area contributed by atoms with E-state index in [4.69, 9.17) is 0 Å². The molecule has 1 N–H and O–H groups in total. The van der Waals surface area contributed by atoms with Crippen LogP contribution in [0.2, 0.25) is 0 Å². The van der Waals surface area contributed by atoms with Crippen LogP contribution in [0.15, 0.2) is 59.5 Å². The van der Waals surface area contributed by atoms with Crippen molar-refractivity contribution < 1.29 is 14.0 Å². The summed E-state index contributed by atoms with van der Waals surface area (Å²) in [5.74, 6) is -0.422. The Kier molecular flexibility index (Phi) is 7.66. The normalized spacial score (nSPS) is 11.7. The molecule has 2 aromatic carbocycles. The van der Waals surface area contributed by atoms with Crippen LogP contribution in [0.25, 0.3) is 0 Å². The molecule has 2 amide bonds. The van der Waals surface area contributed by atoms with Crippen LogP contribution in [-0.2, 0) is 16.1 Å². The number of amides is 2. The maximum absolute atomic E-state index is 13.2. The van der Waals surface area contributed by atoms with E-state index in [2.05, 4.69) is 5.32 Å². The van der Waals surface area contributed by atoms with Gasteiger partial charge in [-0.15, -0.1) is 11.8 Å².